The normalized spacial score (nSPS) is 21.7. The van der Waals surface area contributed by atoms with E-state index >= 15 is 0 Å². The summed E-state index contributed by atoms with van der Waals surface area (Å²) in [5.41, 5.74) is 0. The molecule has 0 spiro atoms. The lowest BCUT2D eigenvalue weighted by Gasteiger charge is -2.32. The van der Waals surface area contributed by atoms with Crippen LogP contribution in [0.5, 0.6) is 0 Å². The van der Waals surface area contributed by atoms with Crippen LogP contribution in [0.25, 0.3) is 0 Å². The fraction of sp³-hybridized carbons (Fsp3) is 0.944. The van der Waals surface area contributed by atoms with Gasteiger partial charge in [0.15, 0.2) is 0 Å². The van der Waals surface area contributed by atoms with Gasteiger partial charge < -0.3 is 14.2 Å². The second-order valence-electron chi connectivity index (χ2n) is 6.07. The lowest BCUT2D eigenvalue weighted by Crippen LogP contribution is -2.38. The zero-order valence-corrected chi connectivity index (χ0v) is 14.5. The van der Waals surface area contributed by atoms with Crippen molar-refractivity contribution in [2.75, 3.05) is 19.8 Å². The summed E-state index contributed by atoms with van der Waals surface area (Å²) in [6, 6.07) is 0. The predicted molar refractivity (Wildman–Crippen MR) is 88.0 cm³/mol. The van der Waals surface area contributed by atoms with Gasteiger partial charge in [-0.15, -0.1) is 0 Å². The Morgan fingerprint density at radius 2 is 1.50 bits per heavy atom. The van der Waals surface area contributed by atoms with Crippen molar-refractivity contribution in [2.24, 2.45) is 0 Å². The average Bonchev–Trinajstić information content (AvgIpc) is 2.52. The Kier molecular flexibility index (Phi) is 11.4. The Balaban J connectivity index is 1.95. The van der Waals surface area contributed by atoms with E-state index in [-0.39, 0.29) is 5.97 Å². The first-order valence-electron chi connectivity index (χ1n) is 9.16. The molecule has 22 heavy (non-hydrogen) atoms. The molecular formula is C18H34O4. The van der Waals surface area contributed by atoms with Crippen LogP contribution in [-0.2, 0) is 19.0 Å². The minimum atomic E-state index is -0.0566. The minimum absolute atomic E-state index is 0.0566. The van der Waals surface area contributed by atoms with E-state index in [1.54, 1.807) is 0 Å². The van der Waals surface area contributed by atoms with Gasteiger partial charge in [-0.25, -0.2) is 0 Å². The number of esters is 1. The molecule has 0 saturated carbocycles. The number of carbonyl (C=O) groups is 1. The average molecular weight is 314 g/mol. The van der Waals surface area contributed by atoms with Crippen molar-refractivity contribution >= 4 is 5.97 Å². The Hall–Kier alpha value is -0.610. The van der Waals surface area contributed by atoms with Crippen molar-refractivity contribution < 1.29 is 19.0 Å². The Morgan fingerprint density at radius 3 is 2.14 bits per heavy atom. The van der Waals surface area contributed by atoms with Crippen molar-refractivity contribution in [3.63, 3.8) is 0 Å². The first-order chi connectivity index (χ1) is 10.8. The number of rotatable bonds is 12. The molecule has 1 aliphatic heterocycles. The third kappa shape index (κ3) is 8.74. The monoisotopic (exact) mass is 314 g/mol. The maximum absolute atomic E-state index is 11.2. The van der Waals surface area contributed by atoms with Gasteiger partial charge in [0.25, 0.3) is 0 Å². The third-order valence-electron chi connectivity index (χ3n) is 4.16. The summed E-state index contributed by atoms with van der Waals surface area (Å²) in [4.78, 5) is 11.2. The van der Waals surface area contributed by atoms with E-state index in [9.17, 15) is 4.79 Å². The molecule has 0 aliphatic carbocycles. The summed E-state index contributed by atoms with van der Waals surface area (Å²) in [5, 5.41) is 0. The molecule has 2 atom stereocenters. The SMILES string of the molecule is CCCC1OCCOC1CCCCCCCCC(=O)OCC. The van der Waals surface area contributed by atoms with Gasteiger partial charge in [0.1, 0.15) is 0 Å². The van der Waals surface area contributed by atoms with Gasteiger partial charge in [0.2, 0.25) is 0 Å². The second-order valence-corrected chi connectivity index (χ2v) is 6.07. The van der Waals surface area contributed by atoms with Gasteiger partial charge in [-0.3, -0.25) is 4.79 Å². The van der Waals surface area contributed by atoms with Crippen molar-refractivity contribution in [1.82, 2.24) is 0 Å². The predicted octanol–water partition coefficient (Wildman–Crippen LogP) is 4.25. The summed E-state index contributed by atoms with van der Waals surface area (Å²) >= 11 is 0. The summed E-state index contributed by atoms with van der Waals surface area (Å²) in [6.07, 6.45) is 11.6. The Bertz CT molecular complexity index is 278. The van der Waals surface area contributed by atoms with Crippen molar-refractivity contribution in [3.05, 3.63) is 0 Å². The lowest BCUT2D eigenvalue weighted by molar-refractivity contribution is -0.144. The van der Waals surface area contributed by atoms with E-state index in [1.807, 2.05) is 6.92 Å². The first kappa shape index (κ1) is 19.4. The van der Waals surface area contributed by atoms with Gasteiger partial charge in [-0.2, -0.15) is 0 Å². The number of ether oxygens (including phenoxy) is 3. The molecule has 0 radical (unpaired) electrons. The molecule has 1 heterocycles. The molecule has 4 heteroatoms. The fourth-order valence-corrected chi connectivity index (χ4v) is 2.99. The van der Waals surface area contributed by atoms with E-state index in [4.69, 9.17) is 14.2 Å². The molecule has 0 aromatic rings. The molecule has 1 saturated heterocycles. The van der Waals surface area contributed by atoms with E-state index in [1.165, 1.54) is 25.7 Å². The van der Waals surface area contributed by atoms with Crippen LogP contribution in [0.15, 0.2) is 0 Å². The highest BCUT2D eigenvalue weighted by Gasteiger charge is 2.25. The van der Waals surface area contributed by atoms with Crippen LogP contribution in [0.3, 0.4) is 0 Å². The number of hydrogen-bond acceptors (Lipinski definition) is 4. The van der Waals surface area contributed by atoms with Crippen molar-refractivity contribution in [3.8, 4) is 0 Å². The van der Waals surface area contributed by atoms with Crippen molar-refractivity contribution in [1.29, 1.82) is 0 Å². The van der Waals surface area contributed by atoms with Gasteiger partial charge in [0.05, 0.1) is 32.0 Å². The van der Waals surface area contributed by atoms with Gasteiger partial charge in [-0.1, -0.05) is 45.4 Å². The maximum atomic E-state index is 11.2. The minimum Gasteiger partial charge on any atom is -0.466 e. The standard InChI is InChI=1S/C18H34O4/c1-3-11-16-17(22-15-14-21-16)12-9-7-5-6-8-10-13-18(19)20-4-2/h16-17H,3-15H2,1-2H3. The lowest BCUT2D eigenvalue weighted by atomic mass is 10.0. The van der Waals surface area contributed by atoms with Gasteiger partial charge >= 0.3 is 5.97 Å². The zero-order chi connectivity index (χ0) is 16.0. The summed E-state index contributed by atoms with van der Waals surface area (Å²) in [6.45, 7) is 6.04. The molecular weight excluding hydrogens is 280 g/mol. The topological polar surface area (TPSA) is 44.8 Å². The van der Waals surface area contributed by atoms with Crippen LogP contribution >= 0.6 is 0 Å². The van der Waals surface area contributed by atoms with Crippen LogP contribution in [0.4, 0.5) is 0 Å². The van der Waals surface area contributed by atoms with Crippen LogP contribution in [0, 0.1) is 0 Å². The van der Waals surface area contributed by atoms with Crippen molar-refractivity contribution in [2.45, 2.75) is 90.3 Å². The summed E-state index contributed by atoms with van der Waals surface area (Å²) in [5.74, 6) is -0.0566. The Labute approximate surface area is 135 Å². The van der Waals surface area contributed by atoms with Crippen LogP contribution in [0.2, 0.25) is 0 Å². The number of carbonyl (C=O) groups excluding carboxylic acids is 1. The third-order valence-corrected chi connectivity index (χ3v) is 4.16. The second kappa shape index (κ2) is 12.9. The zero-order valence-electron chi connectivity index (χ0n) is 14.5. The van der Waals surface area contributed by atoms with E-state index in [0.717, 1.165) is 45.3 Å². The van der Waals surface area contributed by atoms with Crippen LogP contribution in [0.1, 0.15) is 78.1 Å². The van der Waals surface area contributed by atoms with Crippen LogP contribution < -0.4 is 0 Å². The molecule has 0 N–H and O–H groups in total. The largest absolute Gasteiger partial charge is 0.466 e. The smallest absolute Gasteiger partial charge is 0.305 e. The highest BCUT2D eigenvalue weighted by Crippen LogP contribution is 2.21. The maximum Gasteiger partial charge on any atom is 0.305 e. The highest BCUT2D eigenvalue weighted by molar-refractivity contribution is 5.69. The van der Waals surface area contributed by atoms with Crippen LogP contribution in [-0.4, -0.2) is 38.0 Å². The number of hydrogen-bond donors (Lipinski definition) is 0. The quantitative estimate of drug-likeness (QED) is 0.399. The summed E-state index contributed by atoms with van der Waals surface area (Å²) in [7, 11) is 0. The van der Waals surface area contributed by atoms with E-state index in [2.05, 4.69) is 6.92 Å². The molecule has 1 rings (SSSR count). The summed E-state index contributed by atoms with van der Waals surface area (Å²) < 4.78 is 16.6. The first-order valence-corrected chi connectivity index (χ1v) is 9.16. The Morgan fingerprint density at radius 1 is 0.909 bits per heavy atom. The molecule has 130 valence electrons. The van der Waals surface area contributed by atoms with E-state index < -0.39 is 0 Å². The molecule has 0 aromatic heterocycles. The molecule has 1 fully saturated rings. The fourth-order valence-electron chi connectivity index (χ4n) is 2.99. The molecule has 0 bridgehead atoms. The molecule has 1 aliphatic rings. The molecule has 0 amide bonds. The van der Waals surface area contributed by atoms with E-state index in [0.29, 0.717) is 25.2 Å². The van der Waals surface area contributed by atoms with Gasteiger partial charge in [-0.05, 0) is 26.2 Å². The molecule has 0 aromatic carbocycles. The molecule has 2 unspecified atom stereocenters. The van der Waals surface area contributed by atoms with Gasteiger partial charge in [0, 0.05) is 6.42 Å². The highest BCUT2D eigenvalue weighted by atomic mass is 16.6. The number of unbranched alkanes of at least 4 members (excludes halogenated alkanes) is 5. The molecule has 4 nitrogen and oxygen atoms in total.